The van der Waals surface area contributed by atoms with Crippen LogP contribution in [0.1, 0.15) is 50.2 Å². The average molecular weight is 270 g/mol. The third-order valence-electron chi connectivity index (χ3n) is 5.48. The molecule has 2 fully saturated rings. The number of benzene rings is 1. The van der Waals surface area contributed by atoms with E-state index < -0.39 is 0 Å². The first-order valence-corrected chi connectivity index (χ1v) is 7.87. The van der Waals surface area contributed by atoms with E-state index in [4.69, 9.17) is 9.47 Å². The van der Waals surface area contributed by atoms with E-state index in [0.717, 1.165) is 45.3 Å². The molecule has 0 unspecified atom stereocenters. The van der Waals surface area contributed by atoms with Gasteiger partial charge in [-0.05, 0) is 30.4 Å². The van der Waals surface area contributed by atoms with Crippen molar-refractivity contribution in [1.82, 2.24) is 0 Å². The van der Waals surface area contributed by atoms with Crippen molar-refractivity contribution >= 4 is 6.08 Å². The molecule has 0 aromatic heterocycles. The van der Waals surface area contributed by atoms with Crippen LogP contribution in [0.4, 0.5) is 0 Å². The first-order valence-electron chi connectivity index (χ1n) is 7.87. The molecule has 20 heavy (non-hydrogen) atoms. The van der Waals surface area contributed by atoms with E-state index >= 15 is 0 Å². The molecule has 2 heteroatoms. The van der Waals surface area contributed by atoms with Crippen LogP contribution < -0.4 is 0 Å². The van der Waals surface area contributed by atoms with Crippen LogP contribution >= 0.6 is 0 Å². The quantitative estimate of drug-likeness (QED) is 0.766. The Morgan fingerprint density at radius 3 is 2.40 bits per heavy atom. The lowest BCUT2D eigenvalue weighted by Gasteiger charge is -2.44. The molecule has 2 spiro atoms. The Morgan fingerprint density at radius 1 is 1.00 bits per heavy atom. The number of fused-ring (bicyclic) bond motifs is 2. The van der Waals surface area contributed by atoms with Crippen LogP contribution in [0, 0.1) is 0 Å². The summed E-state index contributed by atoms with van der Waals surface area (Å²) in [7, 11) is 0. The Labute approximate surface area is 120 Å². The third-order valence-corrected chi connectivity index (χ3v) is 5.48. The van der Waals surface area contributed by atoms with Gasteiger partial charge in [-0.1, -0.05) is 42.8 Å². The van der Waals surface area contributed by atoms with Crippen LogP contribution in [0.25, 0.3) is 6.08 Å². The second-order valence-corrected chi connectivity index (χ2v) is 6.30. The van der Waals surface area contributed by atoms with Crippen molar-refractivity contribution in [1.29, 1.82) is 0 Å². The van der Waals surface area contributed by atoms with Gasteiger partial charge in [0.1, 0.15) is 0 Å². The summed E-state index contributed by atoms with van der Waals surface area (Å²) in [5.41, 5.74) is 4.82. The average Bonchev–Trinajstić information content (AvgIpc) is 3.06. The van der Waals surface area contributed by atoms with Crippen LogP contribution in [0.2, 0.25) is 0 Å². The summed E-state index contributed by atoms with van der Waals surface area (Å²) < 4.78 is 11.8. The summed E-state index contributed by atoms with van der Waals surface area (Å²) in [6.45, 7) is 3.81. The Hall–Kier alpha value is -1.12. The van der Waals surface area contributed by atoms with Crippen LogP contribution in [0.15, 0.2) is 29.8 Å². The standard InChI is InChI=1S/C18H22O2/c1-2-15-13-14-5-3-4-6-16(14)17(15)7-9-18(10-8-17)19-11-12-20-18/h3-6,13H,2,7-12H2,1H3. The van der Waals surface area contributed by atoms with E-state index in [9.17, 15) is 0 Å². The van der Waals surface area contributed by atoms with Crippen LogP contribution in [-0.4, -0.2) is 19.0 Å². The van der Waals surface area contributed by atoms with Crippen LogP contribution in [0.3, 0.4) is 0 Å². The van der Waals surface area contributed by atoms with Gasteiger partial charge in [0.2, 0.25) is 0 Å². The minimum absolute atomic E-state index is 0.256. The van der Waals surface area contributed by atoms with Gasteiger partial charge in [0, 0.05) is 18.3 Å². The zero-order chi connectivity index (χ0) is 13.6. The number of ether oxygens (including phenoxy) is 2. The predicted molar refractivity (Wildman–Crippen MR) is 79.5 cm³/mol. The maximum absolute atomic E-state index is 5.90. The highest BCUT2D eigenvalue weighted by Crippen LogP contribution is 2.55. The first-order chi connectivity index (χ1) is 9.78. The molecule has 1 saturated carbocycles. The molecule has 1 aromatic carbocycles. The van der Waals surface area contributed by atoms with Gasteiger partial charge < -0.3 is 9.47 Å². The van der Waals surface area contributed by atoms with Crippen molar-refractivity contribution < 1.29 is 9.47 Å². The van der Waals surface area contributed by atoms with Gasteiger partial charge in [0.15, 0.2) is 5.79 Å². The number of hydrogen-bond donors (Lipinski definition) is 0. The number of hydrogen-bond acceptors (Lipinski definition) is 2. The van der Waals surface area contributed by atoms with Crippen molar-refractivity contribution in [3.8, 4) is 0 Å². The zero-order valence-electron chi connectivity index (χ0n) is 12.2. The van der Waals surface area contributed by atoms with Gasteiger partial charge in [-0.2, -0.15) is 0 Å². The molecule has 0 bridgehead atoms. The molecule has 0 N–H and O–H groups in total. The van der Waals surface area contributed by atoms with Crippen molar-refractivity contribution in [2.45, 2.75) is 50.2 Å². The fourth-order valence-corrected chi connectivity index (χ4v) is 4.43. The molecule has 1 heterocycles. The van der Waals surface area contributed by atoms with Gasteiger partial charge in [-0.15, -0.1) is 0 Å². The summed E-state index contributed by atoms with van der Waals surface area (Å²) in [6, 6.07) is 8.91. The van der Waals surface area contributed by atoms with E-state index in [-0.39, 0.29) is 11.2 Å². The molecule has 2 aliphatic carbocycles. The molecule has 3 aliphatic rings. The second-order valence-electron chi connectivity index (χ2n) is 6.30. The molecule has 106 valence electrons. The Bertz CT molecular complexity index is 542. The zero-order valence-corrected chi connectivity index (χ0v) is 12.2. The maximum Gasteiger partial charge on any atom is 0.168 e. The smallest absolute Gasteiger partial charge is 0.168 e. The normalized spacial score (nSPS) is 25.9. The summed E-state index contributed by atoms with van der Waals surface area (Å²) in [5.74, 6) is -0.262. The molecular formula is C18H22O2. The minimum Gasteiger partial charge on any atom is -0.348 e. The van der Waals surface area contributed by atoms with E-state index in [0.29, 0.717) is 0 Å². The highest BCUT2D eigenvalue weighted by atomic mass is 16.7. The highest BCUT2D eigenvalue weighted by molar-refractivity contribution is 5.69. The Morgan fingerprint density at radius 2 is 1.70 bits per heavy atom. The largest absolute Gasteiger partial charge is 0.348 e. The topological polar surface area (TPSA) is 18.5 Å². The number of rotatable bonds is 1. The molecule has 0 atom stereocenters. The van der Waals surface area contributed by atoms with Crippen molar-refractivity contribution in [3.63, 3.8) is 0 Å². The van der Waals surface area contributed by atoms with E-state index in [1.165, 1.54) is 11.1 Å². The SMILES string of the molecule is CCC1=Cc2ccccc2C12CCC1(CC2)OCCO1. The molecular weight excluding hydrogens is 248 g/mol. The Kier molecular flexibility index (Phi) is 2.80. The molecule has 1 aromatic rings. The van der Waals surface area contributed by atoms with Gasteiger partial charge >= 0.3 is 0 Å². The maximum atomic E-state index is 5.90. The monoisotopic (exact) mass is 270 g/mol. The summed E-state index contributed by atoms with van der Waals surface area (Å²) in [4.78, 5) is 0. The van der Waals surface area contributed by atoms with Gasteiger partial charge in [-0.3, -0.25) is 0 Å². The Balaban J connectivity index is 1.69. The molecule has 4 rings (SSSR count). The third kappa shape index (κ3) is 1.64. The second kappa shape index (κ2) is 4.44. The summed E-state index contributed by atoms with van der Waals surface area (Å²) in [6.07, 6.45) is 7.93. The predicted octanol–water partition coefficient (Wildman–Crippen LogP) is 4.05. The molecule has 0 amide bonds. The fourth-order valence-electron chi connectivity index (χ4n) is 4.43. The summed E-state index contributed by atoms with van der Waals surface area (Å²) in [5, 5.41) is 0. The minimum atomic E-state index is -0.262. The lowest BCUT2D eigenvalue weighted by molar-refractivity contribution is -0.183. The van der Waals surface area contributed by atoms with Gasteiger partial charge in [0.25, 0.3) is 0 Å². The number of allylic oxidation sites excluding steroid dienone is 1. The molecule has 1 aliphatic heterocycles. The van der Waals surface area contributed by atoms with Crippen LogP contribution in [-0.2, 0) is 14.9 Å². The van der Waals surface area contributed by atoms with Crippen molar-refractivity contribution in [2.24, 2.45) is 0 Å². The molecule has 1 saturated heterocycles. The summed E-state index contributed by atoms with van der Waals surface area (Å²) >= 11 is 0. The van der Waals surface area contributed by atoms with Crippen molar-refractivity contribution in [3.05, 3.63) is 41.0 Å². The molecule has 0 radical (unpaired) electrons. The first kappa shape index (κ1) is 12.6. The van der Waals surface area contributed by atoms with Gasteiger partial charge in [0.05, 0.1) is 13.2 Å². The van der Waals surface area contributed by atoms with E-state index in [1.54, 1.807) is 5.57 Å². The molecule has 2 nitrogen and oxygen atoms in total. The highest BCUT2D eigenvalue weighted by Gasteiger charge is 2.50. The van der Waals surface area contributed by atoms with Crippen LogP contribution in [0.5, 0.6) is 0 Å². The lowest BCUT2D eigenvalue weighted by atomic mass is 9.65. The van der Waals surface area contributed by atoms with Gasteiger partial charge in [-0.25, -0.2) is 0 Å². The van der Waals surface area contributed by atoms with Crippen molar-refractivity contribution in [2.75, 3.05) is 13.2 Å². The fraction of sp³-hybridized carbons (Fsp3) is 0.556. The van der Waals surface area contributed by atoms with E-state index in [1.807, 2.05) is 0 Å². The van der Waals surface area contributed by atoms with E-state index in [2.05, 4.69) is 37.3 Å². The lowest BCUT2D eigenvalue weighted by Crippen LogP contribution is -2.42.